The smallest absolute Gasteiger partial charge is 0.169 e. The molecule has 1 rings (SSSR count). The van der Waals surface area contributed by atoms with Crippen LogP contribution in [0.25, 0.3) is 0 Å². The Balaban J connectivity index is 2.06. The maximum absolute atomic E-state index is 5.14. The molecule has 0 aromatic heterocycles. The van der Waals surface area contributed by atoms with Crippen LogP contribution in [0.2, 0.25) is 0 Å². The molecule has 1 aliphatic rings. The minimum Gasteiger partial charge on any atom is -0.355 e. The van der Waals surface area contributed by atoms with Crippen LogP contribution in [0.3, 0.4) is 0 Å². The second kappa shape index (κ2) is 8.04. The third-order valence-corrected chi connectivity index (χ3v) is 3.81. The van der Waals surface area contributed by atoms with Gasteiger partial charge in [0.25, 0.3) is 0 Å². The van der Waals surface area contributed by atoms with Gasteiger partial charge >= 0.3 is 0 Å². The van der Waals surface area contributed by atoms with Crippen LogP contribution >= 0.6 is 0 Å². The van der Waals surface area contributed by atoms with Crippen molar-refractivity contribution in [3.8, 4) is 0 Å². The summed E-state index contributed by atoms with van der Waals surface area (Å²) < 4.78 is 10.3. The molecule has 3 nitrogen and oxygen atoms in total. The molecule has 0 spiro atoms. The van der Waals surface area contributed by atoms with Gasteiger partial charge < -0.3 is 14.8 Å². The molecule has 0 aliphatic heterocycles. The highest BCUT2D eigenvalue weighted by Gasteiger charge is 2.19. The van der Waals surface area contributed by atoms with Gasteiger partial charge in [-0.3, -0.25) is 0 Å². The molecule has 0 atom stereocenters. The van der Waals surface area contributed by atoms with E-state index in [0.29, 0.717) is 0 Å². The lowest BCUT2D eigenvalue weighted by atomic mass is 9.81. The van der Waals surface area contributed by atoms with Crippen molar-refractivity contribution in [2.24, 2.45) is 11.8 Å². The Morgan fingerprint density at radius 1 is 1.06 bits per heavy atom. The van der Waals surface area contributed by atoms with E-state index < -0.39 is 0 Å². The Morgan fingerprint density at radius 2 is 1.62 bits per heavy atom. The normalized spacial score (nSPS) is 26.2. The van der Waals surface area contributed by atoms with Gasteiger partial charge in [0.15, 0.2) is 6.29 Å². The van der Waals surface area contributed by atoms with E-state index in [1.54, 1.807) is 14.2 Å². The van der Waals surface area contributed by atoms with Crippen molar-refractivity contribution in [2.45, 2.75) is 45.3 Å². The third kappa shape index (κ3) is 4.81. The summed E-state index contributed by atoms with van der Waals surface area (Å²) >= 11 is 0. The van der Waals surface area contributed by atoms with E-state index >= 15 is 0 Å². The van der Waals surface area contributed by atoms with E-state index in [9.17, 15) is 0 Å². The van der Waals surface area contributed by atoms with Crippen molar-refractivity contribution >= 4 is 0 Å². The van der Waals surface area contributed by atoms with Gasteiger partial charge in [0.1, 0.15) is 0 Å². The first-order chi connectivity index (χ1) is 7.80. The number of nitrogens with one attached hydrogen (secondary N) is 1. The molecule has 0 aromatic carbocycles. The van der Waals surface area contributed by atoms with Crippen molar-refractivity contribution < 1.29 is 9.47 Å². The molecule has 0 radical (unpaired) electrons. The second-order valence-electron chi connectivity index (χ2n) is 4.85. The van der Waals surface area contributed by atoms with Gasteiger partial charge in [-0.25, -0.2) is 0 Å². The summed E-state index contributed by atoms with van der Waals surface area (Å²) in [7, 11) is 3.37. The average molecular weight is 229 g/mol. The molecule has 1 N–H and O–H groups in total. The highest BCUT2D eigenvalue weighted by atomic mass is 16.7. The number of hydrogen-bond donors (Lipinski definition) is 1. The van der Waals surface area contributed by atoms with Gasteiger partial charge in [-0.2, -0.15) is 0 Å². The molecular formula is C13H27NO2. The fourth-order valence-electron chi connectivity index (χ4n) is 2.51. The van der Waals surface area contributed by atoms with Gasteiger partial charge in [0.05, 0.1) is 0 Å². The molecule has 0 saturated heterocycles. The Bertz CT molecular complexity index is 163. The Hall–Kier alpha value is -0.120. The quantitative estimate of drug-likeness (QED) is 0.680. The lowest BCUT2D eigenvalue weighted by Gasteiger charge is -2.28. The van der Waals surface area contributed by atoms with E-state index in [4.69, 9.17) is 9.47 Å². The third-order valence-electron chi connectivity index (χ3n) is 3.81. The van der Waals surface area contributed by atoms with Crippen LogP contribution in [0, 0.1) is 11.8 Å². The fourth-order valence-corrected chi connectivity index (χ4v) is 2.51. The van der Waals surface area contributed by atoms with Crippen molar-refractivity contribution in [1.29, 1.82) is 0 Å². The summed E-state index contributed by atoms with van der Waals surface area (Å²) in [6.45, 7) is 4.21. The minimum absolute atomic E-state index is 0.105. The first-order valence-corrected chi connectivity index (χ1v) is 6.56. The van der Waals surface area contributed by atoms with Crippen LogP contribution in [-0.4, -0.2) is 33.6 Å². The summed E-state index contributed by atoms with van der Waals surface area (Å²) in [5.41, 5.74) is 0. The molecule has 0 bridgehead atoms. The first kappa shape index (κ1) is 13.9. The summed E-state index contributed by atoms with van der Waals surface area (Å²) in [5.74, 6) is 1.85. The highest BCUT2D eigenvalue weighted by molar-refractivity contribution is 4.73. The van der Waals surface area contributed by atoms with E-state index in [0.717, 1.165) is 24.9 Å². The molecule has 1 saturated carbocycles. The largest absolute Gasteiger partial charge is 0.355 e. The number of hydrogen-bond acceptors (Lipinski definition) is 3. The average Bonchev–Trinajstić information content (AvgIpc) is 2.35. The van der Waals surface area contributed by atoms with Gasteiger partial charge in [0.2, 0.25) is 0 Å². The predicted octanol–water partition coefficient (Wildman–Crippen LogP) is 2.41. The Kier molecular flexibility index (Phi) is 7.01. The molecule has 1 aliphatic carbocycles. The molecule has 16 heavy (non-hydrogen) atoms. The zero-order chi connectivity index (χ0) is 11.8. The van der Waals surface area contributed by atoms with E-state index in [-0.39, 0.29) is 6.29 Å². The van der Waals surface area contributed by atoms with Gasteiger partial charge in [-0.15, -0.1) is 0 Å². The maximum atomic E-state index is 5.14. The van der Waals surface area contributed by atoms with Crippen molar-refractivity contribution in [3.63, 3.8) is 0 Å². The number of rotatable bonds is 7. The monoisotopic (exact) mass is 229 g/mol. The minimum atomic E-state index is -0.105. The molecular weight excluding hydrogens is 202 g/mol. The van der Waals surface area contributed by atoms with Crippen LogP contribution in [0.4, 0.5) is 0 Å². The van der Waals surface area contributed by atoms with Gasteiger partial charge in [-0.05, 0) is 31.2 Å². The van der Waals surface area contributed by atoms with Gasteiger partial charge in [-0.1, -0.05) is 26.2 Å². The molecule has 0 heterocycles. The lowest BCUT2D eigenvalue weighted by molar-refractivity contribution is -0.0990. The van der Waals surface area contributed by atoms with Crippen molar-refractivity contribution in [3.05, 3.63) is 0 Å². The second-order valence-corrected chi connectivity index (χ2v) is 4.85. The molecule has 0 unspecified atom stereocenters. The molecule has 3 heteroatoms. The van der Waals surface area contributed by atoms with Crippen LogP contribution in [-0.2, 0) is 9.47 Å². The molecule has 0 amide bonds. The summed E-state index contributed by atoms with van der Waals surface area (Å²) in [6, 6.07) is 0. The van der Waals surface area contributed by atoms with Crippen LogP contribution in [0.15, 0.2) is 0 Å². The topological polar surface area (TPSA) is 30.5 Å². The summed E-state index contributed by atoms with van der Waals surface area (Å²) in [6.07, 6.45) is 6.86. The van der Waals surface area contributed by atoms with Crippen LogP contribution in [0.5, 0.6) is 0 Å². The first-order valence-electron chi connectivity index (χ1n) is 6.56. The van der Waals surface area contributed by atoms with Crippen molar-refractivity contribution in [1.82, 2.24) is 5.32 Å². The van der Waals surface area contributed by atoms with E-state index in [1.165, 1.54) is 32.1 Å². The highest BCUT2D eigenvalue weighted by Crippen LogP contribution is 2.29. The lowest BCUT2D eigenvalue weighted by Crippen LogP contribution is -2.34. The van der Waals surface area contributed by atoms with E-state index in [2.05, 4.69) is 12.2 Å². The Morgan fingerprint density at radius 3 is 2.12 bits per heavy atom. The fraction of sp³-hybridized carbons (Fsp3) is 1.00. The van der Waals surface area contributed by atoms with Crippen molar-refractivity contribution in [2.75, 3.05) is 27.3 Å². The summed E-state index contributed by atoms with van der Waals surface area (Å²) in [5, 5.41) is 3.44. The number of ether oxygens (including phenoxy) is 2. The molecule has 1 fully saturated rings. The number of methoxy groups -OCH3 is 2. The predicted molar refractivity (Wildman–Crippen MR) is 66.4 cm³/mol. The standard InChI is InChI=1S/C13H27NO2/c1-4-11-5-7-12(8-6-11)9-14-10-13(15-2)16-3/h11-14H,4-10H2,1-3H3. The van der Waals surface area contributed by atoms with Gasteiger partial charge in [0, 0.05) is 20.8 Å². The van der Waals surface area contributed by atoms with Crippen LogP contribution < -0.4 is 5.32 Å². The zero-order valence-corrected chi connectivity index (χ0v) is 11.0. The Labute approximate surface area is 99.9 Å². The molecule has 96 valence electrons. The van der Waals surface area contributed by atoms with Crippen LogP contribution in [0.1, 0.15) is 39.0 Å². The maximum Gasteiger partial charge on any atom is 0.169 e. The summed E-state index contributed by atoms with van der Waals surface area (Å²) in [4.78, 5) is 0. The SMILES string of the molecule is CCC1CCC(CNCC(OC)OC)CC1. The van der Waals surface area contributed by atoms with E-state index in [1.807, 2.05) is 0 Å². The zero-order valence-electron chi connectivity index (χ0n) is 11.0. The molecule has 0 aromatic rings.